The minimum atomic E-state index is 0.0312. The fourth-order valence-corrected chi connectivity index (χ4v) is 6.03. The van der Waals surface area contributed by atoms with Gasteiger partial charge in [-0.2, -0.15) is 0 Å². The molecule has 0 bridgehead atoms. The van der Waals surface area contributed by atoms with E-state index in [1.165, 1.54) is 5.69 Å². The van der Waals surface area contributed by atoms with Gasteiger partial charge in [0.1, 0.15) is 17.2 Å². The molecule has 11 heteroatoms. The molecule has 4 aromatic rings. The first-order valence-corrected chi connectivity index (χ1v) is 14.2. The van der Waals surface area contributed by atoms with Gasteiger partial charge in [-0.25, -0.2) is 4.98 Å². The third-order valence-corrected chi connectivity index (χ3v) is 8.09. The Morgan fingerprint density at radius 3 is 2.33 bits per heavy atom. The molecule has 1 aromatic carbocycles. The SMILES string of the molecule is Cc1cccc2nc(-c3ccc(N4CCOCC4)cc3)c(NCC(=O)N3CCN(c4c(Cl)cncc4Cl)CC3)n12. The summed E-state index contributed by atoms with van der Waals surface area (Å²) in [6, 6.07) is 14.5. The molecule has 1 N–H and O–H groups in total. The van der Waals surface area contributed by atoms with Crippen molar-refractivity contribution in [3.05, 3.63) is 70.6 Å². The van der Waals surface area contributed by atoms with Crippen molar-refractivity contribution < 1.29 is 9.53 Å². The Morgan fingerprint density at radius 2 is 1.62 bits per heavy atom. The number of imidazole rings is 1. The number of rotatable bonds is 6. The molecule has 40 heavy (non-hydrogen) atoms. The summed E-state index contributed by atoms with van der Waals surface area (Å²) < 4.78 is 7.56. The highest BCUT2D eigenvalue weighted by Crippen LogP contribution is 2.34. The molecule has 0 unspecified atom stereocenters. The van der Waals surface area contributed by atoms with E-state index in [0.717, 1.165) is 60.4 Å². The molecule has 208 valence electrons. The minimum absolute atomic E-state index is 0.0312. The first-order chi connectivity index (χ1) is 19.5. The van der Waals surface area contributed by atoms with Crippen LogP contribution in [0.1, 0.15) is 5.69 Å². The van der Waals surface area contributed by atoms with E-state index in [1.54, 1.807) is 12.4 Å². The maximum Gasteiger partial charge on any atom is 0.242 e. The Hall–Kier alpha value is -3.53. The number of piperazine rings is 1. The van der Waals surface area contributed by atoms with E-state index in [-0.39, 0.29) is 12.5 Å². The Bertz CT molecular complexity index is 1490. The number of hydrogen-bond donors (Lipinski definition) is 1. The van der Waals surface area contributed by atoms with E-state index >= 15 is 0 Å². The van der Waals surface area contributed by atoms with Gasteiger partial charge in [-0.3, -0.25) is 14.2 Å². The van der Waals surface area contributed by atoms with Gasteiger partial charge in [-0.05, 0) is 31.2 Å². The van der Waals surface area contributed by atoms with E-state index < -0.39 is 0 Å². The number of aryl methyl sites for hydroxylation is 1. The lowest BCUT2D eigenvalue weighted by Crippen LogP contribution is -2.50. The van der Waals surface area contributed by atoms with Crippen LogP contribution >= 0.6 is 23.2 Å². The number of morpholine rings is 1. The van der Waals surface area contributed by atoms with Crippen LogP contribution in [0.2, 0.25) is 10.0 Å². The number of fused-ring (bicyclic) bond motifs is 1. The quantitative estimate of drug-likeness (QED) is 0.357. The predicted molar refractivity (Wildman–Crippen MR) is 160 cm³/mol. The largest absolute Gasteiger partial charge is 0.378 e. The zero-order valence-corrected chi connectivity index (χ0v) is 23.8. The summed E-state index contributed by atoms with van der Waals surface area (Å²) in [4.78, 5) is 28.6. The van der Waals surface area contributed by atoms with Gasteiger partial charge in [0, 0.05) is 68.6 Å². The number of nitrogens with zero attached hydrogens (tertiary/aromatic N) is 6. The highest BCUT2D eigenvalue weighted by molar-refractivity contribution is 6.38. The Balaban J connectivity index is 1.18. The first-order valence-electron chi connectivity index (χ1n) is 13.5. The highest BCUT2D eigenvalue weighted by atomic mass is 35.5. The Morgan fingerprint density at radius 1 is 0.925 bits per heavy atom. The molecule has 2 aliphatic rings. The molecule has 1 amide bonds. The van der Waals surface area contributed by atoms with Crippen molar-refractivity contribution in [2.45, 2.75) is 6.92 Å². The Kier molecular flexibility index (Phi) is 7.69. The summed E-state index contributed by atoms with van der Waals surface area (Å²) >= 11 is 12.7. The van der Waals surface area contributed by atoms with Gasteiger partial charge in [0.15, 0.2) is 0 Å². The average molecular weight is 581 g/mol. The fraction of sp³-hybridized carbons (Fsp3) is 0.345. The molecule has 5 heterocycles. The normalized spacial score (nSPS) is 16.0. The molecular weight excluding hydrogens is 549 g/mol. The number of benzene rings is 1. The van der Waals surface area contributed by atoms with Crippen LogP contribution in [0.4, 0.5) is 17.2 Å². The van der Waals surface area contributed by atoms with Gasteiger partial charge < -0.3 is 24.8 Å². The van der Waals surface area contributed by atoms with Crippen LogP contribution in [-0.2, 0) is 9.53 Å². The van der Waals surface area contributed by atoms with Gasteiger partial charge in [0.05, 0.1) is 35.5 Å². The lowest BCUT2D eigenvalue weighted by atomic mass is 10.1. The van der Waals surface area contributed by atoms with Gasteiger partial charge in [-0.1, -0.05) is 41.4 Å². The van der Waals surface area contributed by atoms with Crippen LogP contribution < -0.4 is 15.1 Å². The average Bonchev–Trinajstić information content (AvgIpc) is 3.36. The monoisotopic (exact) mass is 579 g/mol. The second-order valence-electron chi connectivity index (χ2n) is 9.99. The molecule has 3 aromatic heterocycles. The van der Waals surface area contributed by atoms with Gasteiger partial charge in [0.2, 0.25) is 5.91 Å². The number of carbonyl (C=O) groups is 1. The molecular formula is C29H31Cl2N7O2. The number of ether oxygens (including phenoxy) is 1. The third kappa shape index (κ3) is 5.29. The maximum atomic E-state index is 13.3. The topological polar surface area (TPSA) is 78.2 Å². The van der Waals surface area contributed by atoms with Crippen LogP contribution in [0.3, 0.4) is 0 Å². The molecule has 0 saturated carbocycles. The summed E-state index contributed by atoms with van der Waals surface area (Å²) in [6.45, 7) is 7.92. The van der Waals surface area contributed by atoms with Crippen LogP contribution in [0, 0.1) is 6.92 Å². The van der Waals surface area contributed by atoms with Crippen molar-refractivity contribution in [3.8, 4) is 11.3 Å². The van der Waals surface area contributed by atoms with Gasteiger partial charge >= 0.3 is 0 Å². The third-order valence-electron chi connectivity index (χ3n) is 7.54. The number of carbonyl (C=O) groups excluding carboxylic acids is 1. The lowest BCUT2D eigenvalue weighted by molar-refractivity contribution is -0.129. The molecule has 0 aliphatic carbocycles. The molecule has 2 fully saturated rings. The zero-order valence-electron chi connectivity index (χ0n) is 22.3. The number of halogens is 2. The summed E-state index contributed by atoms with van der Waals surface area (Å²) in [5, 5.41) is 4.46. The molecule has 6 rings (SSSR count). The second-order valence-corrected chi connectivity index (χ2v) is 10.8. The number of aromatic nitrogens is 3. The molecule has 0 atom stereocenters. The smallest absolute Gasteiger partial charge is 0.242 e. The molecule has 2 aliphatic heterocycles. The van der Waals surface area contributed by atoms with E-state index in [1.807, 2.05) is 30.0 Å². The summed E-state index contributed by atoms with van der Waals surface area (Å²) in [7, 11) is 0. The Labute approximate surface area is 243 Å². The number of nitrogens with one attached hydrogen (secondary N) is 1. The molecule has 2 saturated heterocycles. The summed E-state index contributed by atoms with van der Waals surface area (Å²) in [5.41, 5.74) is 5.63. The van der Waals surface area contributed by atoms with E-state index in [0.29, 0.717) is 36.2 Å². The second kappa shape index (κ2) is 11.5. The van der Waals surface area contributed by atoms with Gasteiger partial charge in [0.25, 0.3) is 0 Å². The van der Waals surface area contributed by atoms with Crippen molar-refractivity contribution in [2.75, 3.05) is 74.1 Å². The van der Waals surface area contributed by atoms with Gasteiger partial charge in [-0.15, -0.1) is 0 Å². The maximum absolute atomic E-state index is 13.3. The van der Waals surface area contributed by atoms with Crippen LogP contribution in [-0.4, -0.2) is 84.2 Å². The highest BCUT2D eigenvalue weighted by Gasteiger charge is 2.25. The van der Waals surface area contributed by atoms with Crippen molar-refractivity contribution >= 4 is 51.9 Å². The van der Waals surface area contributed by atoms with Crippen molar-refractivity contribution in [3.63, 3.8) is 0 Å². The summed E-state index contributed by atoms with van der Waals surface area (Å²) in [6.07, 6.45) is 3.19. The molecule has 0 radical (unpaired) electrons. The fourth-order valence-electron chi connectivity index (χ4n) is 5.43. The molecule has 9 nitrogen and oxygen atoms in total. The van der Waals surface area contributed by atoms with E-state index in [9.17, 15) is 4.79 Å². The standard InChI is InChI=1S/C29H31Cl2N7O2/c1-20-3-2-4-25-34-27(21-5-7-22(8-6-21)35-13-15-40-16-14-35)29(38(20)25)33-19-26(39)36-9-11-37(12-10-36)28-23(30)17-32-18-24(28)31/h2-8,17-18,33H,9-16,19H2,1H3. The number of anilines is 3. The number of pyridine rings is 2. The van der Waals surface area contributed by atoms with Crippen molar-refractivity contribution in [1.82, 2.24) is 19.3 Å². The van der Waals surface area contributed by atoms with Crippen molar-refractivity contribution in [2.24, 2.45) is 0 Å². The van der Waals surface area contributed by atoms with Crippen LogP contribution in [0.25, 0.3) is 16.9 Å². The number of hydrogen-bond acceptors (Lipinski definition) is 7. The molecule has 0 spiro atoms. The lowest BCUT2D eigenvalue weighted by Gasteiger charge is -2.36. The number of amides is 1. The van der Waals surface area contributed by atoms with Crippen molar-refractivity contribution in [1.29, 1.82) is 0 Å². The van der Waals surface area contributed by atoms with Crippen LogP contribution in [0.5, 0.6) is 0 Å². The van der Waals surface area contributed by atoms with Crippen LogP contribution in [0.15, 0.2) is 54.9 Å². The van der Waals surface area contributed by atoms with E-state index in [4.69, 9.17) is 32.9 Å². The van der Waals surface area contributed by atoms with E-state index in [2.05, 4.69) is 48.8 Å². The summed E-state index contributed by atoms with van der Waals surface area (Å²) in [5.74, 6) is 0.846. The first kappa shape index (κ1) is 26.7. The minimum Gasteiger partial charge on any atom is -0.378 e. The predicted octanol–water partition coefficient (Wildman–Crippen LogP) is 4.61. The zero-order chi connectivity index (χ0) is 27.6.